The van der Waals surface area contributed by atoms with Gasteiger partial charge in [0.05, 0.1) is 0 Å². The normalized spacial score (nSPS) is 14.6. The van der Waals surface area contributed by atoms with Gasteiger partial charge in [0.2, 0.25) is 0 Å². The number of rotatable bonds is 14. The van der Waals surface area contributed by atoms with Crippen molar-refractivity contribution in [2.75, 3.05) is 11.9 Å². The van der Waals surface area contributed by atoms with Gasteiger partial charge in [0.15, 0.2) is 0 Å². The zero-order valence-electron chi connectivity index (χ0n) is 19.4. The van der Waals surface area contributed by atoms with Crippen LogP contribution >= 0.6 is 0 Å². The Hall–Kier alpha value is -1.87. The largest absolute Gasteiger partial charge is 0.382 e. The average molecular weight is 413 g/mol. The molecular formula is C27H41FN2. The molecule has 0 heterocycles. The van der Waals surface area contributed by atoms with E-state index in [4.69, 9.17) is 0 Å². The molecule has 0 fully saturated rings. The van der Waals surface area contributed by atoms with Crippen LogP contribution in [0.3, 0.4) is 0 Å². The van der Waals surface area contributed by atoms with Crippen LogP contribution in [0.5, 0.6) is 0 Å². The predicted octanol–water partition coefficient (Wildman–Crippen LogP) is 7.84. The number of unbranched alkanes of at least 4 members (excludes halogenated alkanes) is 1. The minimum absolute atomic E-state index is 0.0128. The highest BCUT2D eigenvalue weighted by atomic mass is 19.2. The Balaban J connectivity index is 2.08. The van der Waals surface area contributed by atoms with Gasteiger partial charge in [-0.1, -0.05) is 82.1 Å². The average Bonchev–Trinajstić information content (AvgIpc) is 2.75. The van der Waals surface area contributed by atoms with Crippen molar-refractivity contribution in [3.05, 3.63) is 66.2 Å². The third-order valence-corrected chi connectivity index (χ3v) is 6.02. The molecule has 0 aliphatic rings. The lowest BCUT2D eigenvalue weighted by molar-refractivity contribution is -0.0341. The van der Waals surface area contributed by atoms with E-state index in [1.807, 2.05) is 6.07 Å². The molecule has 0 bridgehead atoms. The van der Waals surface area contributed by atoms with Gasteiger partial charge in [-0.25, -0.2) is 0 Å². The van der Waals surface area contributed by atoms with Crippen LogP contribution < -0.4 is 5.32 Å². The molecule has 2 nitrogen and oxygen atoms in total. The number of nitrogens with one attached hydrogen (secondary N) is 1. The zero-order valence-corrected chi connectivity index (χ0v) is 19.4. The van der Waals surface area contributed by atoms with Gasteiger partial charge in [0.25, 0.3) is 0 Å². The molecule has 0 spiro atoms. The first-order valence-electron chi connectivity index (χ1n) is 11.8. The molecule has 0 amide bonds. The van der Waals surface area contributed by atoms with E-state index in [0.29, 0.717) is 18.4 Å². The van der Waals surface area contributed by atoms with Crippen LogP contribution in [0.1, 0.15) is 77.7 Å². The number of halogens is 1. The van der Waals surface area contributed by atoms with Crippen LogP contribution in [0.15, 0.2) is 60.7 Å². The van der Waals surface area contributed by atoms with E-state index in [9.17, 15) is 4.48 Å². The monoisotopic (exact) mass is 412 g/mol. The molecule has 0 aromatic heterocycles. The van der Waals surface area contributed by atoms with E-state index < -0.39 is 0 Å². The van der Waals surface area contributed by atoms with Gasteiger partial charge < -0.3 is 5.32 Å². The summed E-state index contributed by atoms with van der Waals surface area (Å²) in [6.07, 6.45) is 5.90. The summed E-state index contributed by atoms with van der Waals surface area (Å²) in [7, 11) is 0. The van der Waals surface area contributed by atoms with Crippen molar-refractivity contribution in [3.8, 4) is 0 Å². The predicted molar refractivity (Wildman–Crippen MR) is 129 cm³/mol. The second kappa shape index (κ2) is 13.4. The Morgan fingerprint density at radius 3 is 2.07 bits per heavy atom. The summed E-state index contributed by atoms with van der Waals surface area (Å²) in [5.41, 5.74) is 2.47. The minimum atomic E-state index is 0.0128. The van der Waals surface area contributed by atoms with Crippen LogP contribution in [0.2, 0.25) is 0 Å². The van der Waals surface area contributed by atoms with Crippen LogP contribution in [-0.4, -0.2) is 23.8 Å². The summed E-state index contributed by atoms with van der Waals surface area (Å²) in [4.78, 5) is 0. The van der Waals surface area contributed by atoms with Gasteiger partial charge >= 0.3 is 0 Å². The Kier molecular flexibility index (Phi) is 10.9. The molecule has 0 saturated heterocycles. The molecule has 3 unspecified atom stereocenters. The van der Waals surface area contributed by atoms with E-state index in [-0.39, 0.29) is 12.1 Å². The second-order valence-corrected chi connectivity index (χ2v) is 9.00. The summed E-state index contributed by atoms with van der Waals surface area (Å²) >= 11 is 0. The topological polar surface area (TPSA) is 15.3 Å². The maximum Gasteiger partial charge on any atom is 0.0402 e. The number of para-hydroxylation sites is 1. The van der Waals surface area contributed by atoms with Crippen molar-refractivity contribution in [2.45, 2.75) is 84.2 Å². The van der Waals surface area contributed by atoms with Gasteiger partial charge in [0, 0.05) is 30.2 Å². The van der Waals surface area contributed by atoms with E-state index in [2.05, 4.69) is 87.6 Å². The molecule has 2 aromatic carbocycles. The van der Waals surface area contributed by atoms with E-state index in [1.54, 1.807) is 0 Å². The molecule has 0 radical (unpaired) electrons. The van der Waals surface area contributed by atoms with Crippen molar-refractivity contribution in [3.63, 3.8) is 0 Å². The molecule has 166 valence electrons. The summed E-state index contributed by atoms with van der Waals surface area (Å²) in [5, 5.41) is 4.80. The Morgan fingerprint density at radius 1 is 0.833 bits per heavy atom. The van der Waals surface area contributed by atoms with Crippen molar-refractivity contribution in [1.29, 1.82) is 0 Å². The summed E-state index contributed by atoms with van der Waals surface area (Å²) in [6, 6.07) is 21.4. The molecule has 2 aromatic rings. The van der Waals surface area contributed by atoms with Crippen LogP contribution in [0.4, 0.5) is 10.2 Å². The molecule has 2 rings (SSSR count). The molecule has 0 aliphatic carbocycles. The summed E-state index contributed by atoms with van der Waals surface area (Å²) in [5.74, 6) is 0.872. The first kappa shape index (κ1) is 24.4. The lowest BCUT2D eigenvalue weighted by atomic mass is 9.86. The lowest BCUT2D eigenvalue weighted by Gasteiger charge is -2.30. The number of benzene rings is 2. The van der Waals surface area contributed by atoms with Gasteiger partial charge in [0.1, 0.15) is 0 Å². The standard InChI is InChI=1S/C27H41FN2/c1-5-6-17-26(30(28)21-20-22(2)3)18-19-27(24-13-9-7-10-14-24)23(4)29-25-15-11-8-12-16-25/h7-16,22-23,26-27,29H,5-6,17-21H2,1-4H3. The SMILES string of the molecule is CCCCC(CCC(c1ccccc1)C(C)Nc1ccccc1)N(F)CCC(C)C. The van der Waals surface area contributed by atoms with Gasteiger partial charge in [-0.3, -0.25) is 0 Å². The molecular weight excluding hydrogens is 371 g/mol. The molecule has 30 heavy (non-hydrogen) atoms. The van der Waals surface area contributed by atoms with E-state index in [1.165, 1.54) is 5.56 Å². The third kappa shape index (κ3) is 8.47. The fourth-order valence-corrected chi connectivity index (χ4v) is 4.10. The highest BCUT2D eigenvalue weighted by Crippen LogP contribution is 2.30. The van der Waals surface area contributed by atoms with Crippen molar-refractivity contribution in [2.24, 2.45) is 5.92 Å². The third-order valence-electron chi connectivity index (χ3n) is 6.02. The van der Waals surface area contributed by atoms with E-state index in [0.717, 1.165) is 49.3 Å². The molecule has 0 saturated carbocycles. The summed E-state index contributed by atoms with van der Waals surface area (Å²) in [6.45, 7) is 9.30. The second-order valence-electron chi connectivity index (χ2n) is 9.00. The zero-order chi connectivity index (χ0) is 21.8. The quantitative estimate of drug-likeness (QED) is 0.318. The lowest BCUT2D eigenvalue weighted by Crippen LogP contribution is -2.32. The number of anilines is 1. The maximum atomic E-state index is 15.0. The fourth-order valence-electron chi connectivity index (χ4n) is 4.10. The Labute approximate surface area is 183 Å². The first-order chi connectivity index (χ1) is 14.5. The van der Waals surface area contributed by atoms with Crippen LogP contribution in [0.25, 0.3) is 0 Å². The highest BCUT2D eigenvalue weighted by molar-refractivity contribution is 5.44. The molecule has 0 aliphatic heterocycles. The molecule has 3 heteroatoms. The number of hydrogen-bond donors (Lipinski definition) is 1. The van der Waals surface area contributed by atoms with E-state index >= 15 is 0 Å². The highest BCUT2D eigenvalue weighted by Gasteiger charge is 2.24. The Bertz CT molecular complexity index is 674. The van der Waals surface area contributed by atoms with Crippen LogP contribution in [0, 0.1) is 5.92 Å². The minimum Gasteiger partial charge on any atom is -0.382 e. The van der Waals surface area contributed by atoms with Crippen molar-refractivity contribution >= 4 is 5.69 Å². The van der Waals surface area contributed by atoms with Crippen molar-refractivity contribution < 1.29 is 4.48 Å². The first-order valence-corrected chi connectivity index (χ1v) is 11.8. The Morgan fingerprint density at radius 2 is 1.47 bits per heavy atom. The smallest absolute Gasteiger partial charge is 0.0402 e. The maximum absolute atomic E-state index is 15.0. The summed E-state index contributed by atoms with van der Waals surface area (Å²) < 4.78 is 15.0. The van der Waals surface area contributed by atoms with Gasteiger partial charge in [-0.2, -0.15) is 0 Å². The number of nitrogens with zero attached hydrogens (tertiary/aromatic N) is 1. The number of hydrogen-bond acceptors (Lipinski definition) is 2. The molecule has 3 atom stereocenters. The fraction of sp³-hybridized carbons (Fsp3) is 0.556. The van der Waals surface area contributed by atoms with Gasteiger partial charge in [-0.15, -0.1) is 9.60 Å². The molecule has 1 N–H and O–H groups in total. The van der Waals surface area contributed by atoms with Crippen LogP contribution in [-0.2, 0) is 0 Å². The van der Waals surface area contributed by atoms with Gasteiger partial charge in [-0.05, 0) is 56.2 Å². The van der Waals surface area contributed by atoms with Crippen molar-refractivity contribution in [1.82, 2.24) is 5.12 Å².